The average Bonchev–Trinajstić information content (AvgIpc) is 3.23. The standard InChI is InChI=1S/C25H23N3O5S/c1-13-9-14(2)22-19(10-13)27-24(33-22)18-11-15(5-8-20(18)29)26-25(34)28-23(30)17-7-6-16(31-3)12-21(17)32-4/h5-12,29H,1-4H3,(H2,26,28,30,34). The molecule has 3 N–H and O–H groups in total. The highest BCUT2D eigenvalue weighted by atomic mass is 32.1. The van der Waals surface area contributed by atoms with Crippen molar-refractivity contribution in [1.82, 2.24) is 10.3 Å². The number of carbonyl (C=O) groups excluding carboxylic acids is 1. The first-order valence-electron chi connectivity index (χ1n) is 10.3. The van der Waals surface area contributed by atoms with Gasteiger partial charge < -0.3 is 24.3 Å². The molecule has 0 radical (unpaired) electrons. The number of methoxy groups -OCH3 is 2. The molecule has 1 aromatic heterocycles. The molecule has 0 fully saturated rings. The van der Waals surface area contributed by atoms with Crippen molar-refractivity contribution >= 4 is 40.0 Å². The second kappa shape index (κ2) is 9.40. The SMILES string of the molecule is COc1ccc(C(=O)NC(=S)Nc2ccc(O)c(-c3nc4cc(C)cc(C)c4o3)c2)c(OC)c1. The third-order valence-corrected chi connectivity index (χ3v) is 5.39. The van der Waals surface area contributed by atoms with Crippen molar-refractivity contribution in [1.29, 1.82) is 0 Å². The highest BCUT2D eigenvalue weighted by molar-refractivity contribution is 7.80. The predicted molar refractivity (Wildman–Crippen MR) is 134 cm³/mol. The van der Waals surface area contributed by atoms with Gasteiger partial charge >= 0.3 is 0 Å². The molecule has 0 aliphatic rings. The zero-order valence-corrected chi connectivity index (χ0v) is 19.9. The van der Waals surface area contributed by atoms with Crippen molar-refractivity contribution in [3.63, 3.8) is 0 Å². The molecule has 9 heteroatoms. The molecule has 174 valence electrons. The quantitative estimate of drug-likeness (QED) is 0.274. The van der Waals surface area contributed by atoms with Crippen LogP contribution >= 0.6 is 12.2 Å². The van der Waals surface area contributed by atoms with E-state index in [1.54, 1.807) is 30.3 Å². The lowest BCUT2D eigenvalue weighted by Crippen LogP contribution is -2.34. The predicted octanol–water partition coefficient (Wildman–Crippen LogP) is 4.96. The largest absolute Gasteiger partial charge is 0.507 e. The Kier molecular flexibility index (Phi) is 6.38. The van der Waals surface area contributed by atoms with Gasteiger partial charge in [-0.05, 0) is 73.6 Å². The lowest BCUT2D eigenvalue weighted by atomic mass is 10.1. The summed E-state index contributed by atoms with van der Waals surface area (Å²) in [5.74, 6) is 0.760. The topological polar surface area (TPSA) is 106 Å². The van der Waals surface area contributed by atoms with Crippen molar-refractivity contribution in [3.8, 4) is 28.7 Å². The van der Waals surface area contributed by atoms with Crippen LogP contribution in [0.5, 0.6) is 17.2 Å². The number of nitrogens with one attached hydrogen (secondary N) is 2. The summed E-state index contributed by atoms with van der Waals surface area (Å²) in [5.41, 5.74) is 4.63. The molecule has 0 aliphatic heterocycles. The number of fused-ring (bicyclic) bond motifs is 1. The first kappa shape index (κ1) is 23.1. The smallest absolute Gasteiger partial charge is 0.261 e. The molecule has 8 nitrogen and oxygen atoms in total. The van der Waals surface area contributed by atoms with Crippen LogP contribution in [-0.2, 0) is 0 Å². The Bertz CT molecular complexity index is 1410. The Morgan fingerprint density at radius 1 is 1.06 bits per heavy atom. The number of thiocarbonyl (C=S) groups is 1. The highest BCUT2D eigenvalue weighted by Gasteiger charge is 2.17. The molecular weight excluding hydrogens is 454 g/mol. The van der Waals surface area contributed by atoms with Crippen LogP contribution < -0.4 is 20.1 Å². The molecule has 0 aliphatic carbocycles. The van der Waals surface area contributed by atoms with Gasteiger partial charge in [-0.1, -0.05) is 6.07 Å². The van der Waals surface area contributed by atoms with Gasteiger partial charge in [0.05, 0.1) is 25.3 Å². The number of anilines is 1. The van der Waals surface area contributed by atoms with Gasteiger partial charge in [0.2, 0.25) is 5.89 Å². The highest BCUT2D eigenvalue weighted by Crippen LogP contribution is 2.34. The maximum absolute atomic E-state index is 12.7. The maximum atomic E-state index is 12.7. The van der Waals surface area contributed by atoms with Gasteiger partial charge in [0.15, 0.2) is 10.7 Å². The third-order valence-electron chi connectivity index (χ3n) is 5.19. The van der Waals surface area contributed by atoms with Crippen molar-refractivity contribution in [2.24, 2.45) is 0 Å². The summed E-state index contributed by atoms with van der Waals surface area (Å²) in [7, 11) is 3.00. The van der Waals surface area contributed by atoms with Crippen LogP contribution in [0.2, 0.25) is 0 Å². The minimum atomic E-state index is -0.444. The van der Waals surface area contributed by atoms with Crippen molar-refractivity contribution in [2.75, 3.05) is 19.5 Å². The summed E-state index contributed by atoms with van der Waals surface area (Å²) >= 11 is 5.31. The van der Waals surface area contributed by atoms with Crippen LogP contribution in [0.3, 0.4) is 0 Å². The summed E-state index contributed by atoms with van der Waals surface area (Å²) in [5, 5.41) is 16.1. The molecule has 34 heavy (non-hydrogen) atoms. The van der Waals surface area contributed by atoms with Gasteiger partial charge in [0.1, 0.15) is 22.8 Å². The summed E-state index contributed by atoms with van der Waals surface area (Å²) < 4.78 is 16.4. The number of phenolic OH excluding ortho intramolecular Hbond substituents is 1. The number of carbonyl (C=O) groups is 1. The summed E-state index contributed by atoms with van der Waals surface area (Å²) in [4.78, 5) is 17.2. The van der Waals surface area contributed by atoms with E-state index in [1.807, 2.05) is 26.0 Å². The molecule has 0 unspecified atom stereocenters. The van der Waals surface area contributed by atoms with Gasteiger partial charge in [-0.2, -0.15) is 0 Å². The molecule has 0 spiro atoms. The van der Waals surface area contributed by atoms with Gasteiger partial charge in [-0.15, -0.1) is 0 Å². The van der Waals surface area contributed by atoms with E-state index in [9.17, 15) is 9.90 Å². The van der Waals surface area contributed by atoms with E-state index in [0.717, 1.165) is 11.1 Å². The number of rotatable bonds is 5. The Hall–Kier alpha value is -4.11. The number of aromatic nitrogens is 1. The molecule has 0 atom stereocenters. The van der Waals surface area contributed by atoms with Gasteiger partial charge in [-0.3, -0.25) is 10.1 Å². The molecule has 1 amide bonds. The number of benzene rings is 3. The molecular formula is C25H23N3O5S. The minimum absolute atomic E-state index is 0.00408. The molecule has 1 heterocycles. The van der Waals surface area contributed by atoms with Crippen LogP contribution in [0.25, 0.3) is 22.6 Å². The fourth-order valence-electron chi connectivity index (χ4n) is 3.60. The maximum Gasteiger partial charge on any atom is 0.261 e. The molecule has 3 aromatic carbocycles. The Labute approximate surface area is 201 Å². The number of phenols is 1. The zero-order valence-electron chi connectivity index (χ0n) is 19.1. The number of aryl methyl sites for hydroxylation is 2. The van der Waals surface area contributed by atoms with Gasteiger partial charge in [0, 0.05) is 11.8 Å². The number of hydrogen-bond donors (Lipinski definition) is 3. The average molecular weight is 478 g/mol. The normalized spacial score (nSPS) is 10.7. The van der Waals surface area contributed by atoms with E-state index >= 15 is 0 Å². The number of ether oxygens (including phenoxy) is 2. The minimum Gasteiger partial charge on any atom is -0.507 e. The fraction of sp³-hybridized carbons (Fsp3) is 0.160. The zero-order chi connectivity index (χ0) is 24.4. The van der Waals surface area contributed by atoms with E-state index < -0.39 is 5.91 Å². The lowest BCUT2D eigenvalue weighted by Gasteiger charge is -2.13. The first-order valence-corrected chi connectivity index (χ1v) is 10.8. The number of nitrogens with zero attached hydrogens (tertiary/aromatic N) is 1. The Morgan fingerprint density at radius 2 is 1.85 bits per heavy atom. The lowest BCUT2D eigenvalue weighted by molar-refractivity contribution is 0.0974. The van der Waals surface area contributed by atoms with Crippen LogP contribution in [0.1, 0.15) is 21.5 Å². The van der Waals surface area contributed by atoms with Gasteiger partial charge in [0.25, 0.3) is 5.91 Å². The molecule has 0 saturated carbocycles. The van der Waals surface area contributed by atoms with E-state index in [1.165, 1.54) is 20.3 Å². The van der Waals surface area contributed by atoms with E-state index in [2.05, 4.69) is 15.6 Å². The Balaban J connectivity index is 1.54. The third kappa shape index (κ3) is 4.65. The molecule has 0 saturated heterocycles. The monoisotopic (exact) mass is 477 g/mol. The van der Waals surface area contributed by atoms with Gasteiger partial charge in [-0.25, -0.2) is 4.98 Å². The van der Waals surface area contributed by atoms with E-state index in [4.69, 9.17) is 26.1 Å². The second-order valence-corrected chi connectivity index (χ2v) is 8.06. The second-order valence-electron chi connectivity index (χ2n) is 7.66. The number of amides is 1. The fourth-order valence-corrected chi connectivity index (χ4v) is 3.81. The van der Waals surface area contributed by atoms with E-state index in [-0.39, 0.29) is 16.8 Å². The summed E-state index contributed by atoms with van der Waals surface area (Å²) in [6.07, 6.45) is 0. The number of hydrogen-bond acceptors (Lipinski definition) is 7. The van der Waals surface area contributed by atoms with Crippen molar-refractivity contribution in [2.45, 2.75) is 13.8 Å². The Morgan fingerprint density at radius 3 is 2.59 bits per heavy atom. The van der Waals surface area contributed by atoms with E-state index in [0.29, 0.717) is 39.4 Å². The first-order chi connectivity index (χ1) is 16.3. The number of oxazole rings is 1. The summed E-state index contributed by atoms with van der Waals surface area (Å²) in [6, 6.07) is 13.6. The van der Waals surface area contributed by atoms with Crippen molar-refractivity contribution < 1.29 is 23.8 Å². The van der Waals surface area contributed by atoms with Crippen LogP contribution in [0.4, 0.5) is 5.69 Å². The molecule has 0 bridgehead atoms. The van der Waals surface area contributed by atoms with Crippen LogP contribution in [0.15, 0.2) is 52.9 Å². The van der Waals surface area contributed by atoms with Crippen LogP contribution in [0, 0.1) is 13.8 Å². The van der Waals surface area contributed by atoms with Crippen LogP contribution in [-0.4, -0.2) is 35.3 Å². The molecule has 4 aromatic rings. The number of aromatic hydroxyl groups is 1. The molecule has 4 rings (SSSR count). The summed E-state index contributed by atoms with van der Waals surface area (Å²) in [6.45, 7) is 3.93. The van der Waals surface area contributed by atoms with Crippen molar-refractivity contribution in [3.05, 3.63) is 65.2 Å².